The maximum Gasteiger partial charge on any atom is 0.334 e. The summed E-state index contributed by atoms with van der Waals surface area (Å²) >= 11 is 0. The van der Waals surface area contributed by atoms with Crippen molar-refractivity contribution in [2.45, 2.75) is 33.2 Å². The van der Waals surface area contributed by atoms with Crippen molar-refractivity contribution in [3.05, 3.63) is 35.9 Å². The Bertz CT molecular complexity index is 760. The lowest BCUT2D eigenvalue weighted by atomic mass is 10.0. The topological polar surface area (TPSA) is 104 Å². The maximum atomic E-state index is 12.3. The van der Waals surface area contributed by atoms with Crippen LogP contribution in [0.5, 0.6) is 0 Å². The molecule has 0 spiro atoms. The smallest absolute Gasteiger partial charge is 0.334 e. The zero-order chi connectivity index (χ0) is 20.1. The van der Waals surface area contributed by atoms with Crippen LogP contribution in [0.25, 0.3) is 0 Å². The van der Waals surface area contributed by atoms with Crippen molar-refractivity contribution in [1.82, 2.24) is 15.1 Å². The number of nitrogens with zero attached hydrogens (tertiary/aromatic N) is 2. The van der Waals surface area contributed by atoms with Gasteiger partial charge in [-0.15, -0.1) is 0 Å². The number of Topliss-reactive ketones (excluding diaryl/α,β-unsaturated/α-hetero) is 1. The molecule has 1 N–H and O–H groups in total. The lowest BCUT2D eigenvalue weighted by molar-refractivity contribution is -0.144. The molecule has 1 fully saturated rings. The minimum Gasteiger partial charge on any atom is -0.344 e. The lowest BCUT2D eigenvalue weighted by Gasteiger charge is -2.19. The SMILES string of the molecule is CC(=O)[C@H](Cc1ccccc1)NC(=O)CN1C(=O)C(=O)N(CC(C)C)C1=O. The number of imide groups is 2. The first-order chi connectivity index (χ1) is 12.7. The van der Waals surface area contributed by atoms with E-state index >= 15 is 0 Å². The third-order valence-corrected chi connectivity index (χ3v) is 4.09. The number of carbonyl (C=O) groups excluding carboxylic acids is 5. The molecule has 1 saturated heterocycles. The van der Waals surface area contributed by atoms with Crippen molar-refractivity contribution in [2.24, 2.45) is 5.92 Å². The van der Waals surface area contributed by atoms with Crippen LogP contribution in [0.4, 0.5) is 4.79 Å². The van der Waals surface area contributed by atoms with E-state index in [0.717, 1.165) is 10.5 Å². The Morgan fingerprint density at radius 2 is 1.59 bits per heavy atom. The minimum atomic E-state index is -1.03. The fourth-order valence-electron chi connectivity index (χ4n) is 2.75. The van der Waals surface area contributed by atoms with Gasteiger partial charge < -0.3 is 5.32 Å². The van der Waals surface area contributed by atoms with Gasteiger partial charge in [0.25, 0.3) is 0 Å². The summed E-state index contributed by atoms with van der Waals surface area (Å²) in [6.07, 6.45) is 0.294. The van der Waals surface area contributed by atoms with Gasteiger partial charge >= 0.3 is 17.8 Å². The summed E-state index contributed by atoms with van der Waals surface area (Å²) in [7, 11) is 0. The summed E-state index contributed by atoms with van der Waals surface area (Å²) in [5.74, 6) is -2.89. The number of rotatable bonds is 8. The number of urea groups is 1. The van der Waals surface area contributed by atoms with Crippen molar-refractivity contribution in [2.75, 3.05) is 13.1 Å². The molecule has 1 aliphatic rings. The second-order valence-corrected chi connectivity index (χ2v) is 6.90. The van der Waals surface area contributed by atoms with Gasteiger partial charge in [-0.2, -0.15) is 0 Å². The van der Waals surface area contributed by atoms with Crippen molar-refractivity contribution < 1.29 is 24.0 Å². The zero-order valence-corrected chi connectivity index (χ0v) is 15.6. The molecule has 5 amide bonds. The van der Waals surface area contributed by atoms with E-state index in [1.54, 1.807) is 13.8 Å². The van der Waals surface area contributed by atoms with Gasteiger partial charge in [0, 0.05) is 6.54 Å². The van der Waals surface area contributed by atoms with Crippen LogP contribution in [0.3, 0.4) is 0 Å². The molecule has 1 aromatic carbocycles. The molecule has 0 saturated carbocycles. The van der Waals surface area contributed by atoms with Gasteiger partial charge in [0.2, 0.25) is 5.91 Å². The molecule has 0 aromatic heterocycles. The molecule has 0 unspecified atom stereocenters. The van der Waals surface area contributed by atoms with Gasteiger partial charge in [-0.05, 0) is 24.8 Å². The summed E-state index contributed by atoms with van der Waals surface area (Å²) in [6, 6.07) is 7.56. The molecular formula is C19H23N3O5. The third kappa shape index (κ3) is 4.99. The van der Waals surface area contributed by atoms with Gasteiger partial charge in [0.05, 0.1) is 6.04 Å². The highest BCUT2D eigenvalue weighted by molar-refractivity contribution is 6.45. The largest absolute Gasteiger partial charge is 0.344 e. The van der Waals surface area contributed by atoms with Crippen molar-refractivity contribution in [1.29, 1.82) is 0 Å². The van der Waals surface area contributed by atoms with Crippen LogP contribution in [0.15, 0.2) is 30.3 Å². The van der Waals surface area contributed by atoms with E-state index in [1.165, 1.54) is 6.92 Å². The minimum absolute atomic E-state index is 0.00700. The number of carbonyl (C=O) groups is 5. The Balaban J connectivity index is 2.02. The molecular weight excluding hydrogens is 350 g/mol. The molecule has 27 heavy (non-hydrogen) atoms. The summed E-state index contributed by atoms with van der Waals surface area (Å²) < 4.78 is 0. The predicted octanol–water partition coefficient (Wildman–Crippen LogP) is 0.750. The van der Waals surface area contributed by atoms with Crippen LogP contribution in [-0.4, -0.2) is 58.5 Å². The molecule has 1 aromatic rings. The number of nitrogens with one attached hydrogen (secondary N) is 1. The van der Waals surface area contributed by atoms with Crippen molar-refractivity contribution in [3.8, 4) is 0 Å². The molecule has 8 heteroatoms. The zero-order valence-electron chi connectivity index (χ0n) is 15.6. The van der Waals surface area contributed by atoms with Crippen molar-refractivity contribution in [3.63, 3.8) is 0 Å². The summed E-state index contributed by atoms with van der Waals surface area (Å²) in [6.45, 7) is 4.47. The van der Waals surface area contributed by atoms with Gasteiger partial charge in [-0.3, -0.25) is 24.1 Å². The Hall–Kier alpha value is -3.03. The van der Waals surface area contributed by atoms with E-state index in [0.29, 0.717) is 11.3 Å². The molecule has 1 atom stereocenters. The predicted molar refractivity (Wildman–Crippen MR) is 96.4 cm³/mol. The molecule has 0 radical (unpaired) electrons. The van der Waals surface area contributed by atoms with E-state index in [2.05, 4.69) is 5.32 Å². The first-order valence-corrected chi connectivity index (χ1v) is 8.71. The third-order valence-electron chi connectivity index (χ3n) is 4.09. The quantitative estimate of drug-likeness (QED) is 0.535. The Morgan fingerprint density at radius 1 is 1.00 bits per heavy atom. The highest BCUT2D eigenvalue weighted by atomic mass is 16.2. The molecule has 1 heterocycles. The van der Waals surface area contributed by atoms with Gasteiger partial charge in [0.1, 0.15) is 6.54 Å². The van der Waals surface area contributed by atoms with Crippen LogP contribution >= 0.6 is 0 Å². The number of amides is 5. The van der Waals surface area contributed by atoms with E-state index in [4.69, 9.17) is 0 Å². The first-order valence-electron chi connectivity index (χ1n) is 8.71. The molecule has 0 bridgehead atoms. The Kier molecular flexibility index (Phi) is 6.44. The number of benzene rings is 1. The van der Waals surface area contributed by atoms with E-state index < -0.39 is 36.3 Å². The number of ketones is 1. The molecule has 8 nitrogen and oxygen atoms in total. The molecule has 2 rings (SSSR count). The second kappa shape index (κ2) is 8.57. The molecule has 0 aliphatic carbocycles. The van der Waals surface area contributed by atoms with Gasteiger partial charge in [-0.1, -0.05) is 44.2 Å². The van der Waals surface area contributed by atoms with Crippen molar-refractivity contribution >= 4 is 29.5 Å². The number of hydrogen-bond donors (Lipinski definition) is 1. The average molecular weight is 373 g/mol. The normalized spacial score (nSPS) is 15.5. The molecule has 144 valence electrons. The standard InChI is InChI=1S/C19H23N3O5/c1-12(2)10-21-17(25)18(26)22(19(21)27)11-16(24)20-15(13(3)23)9-14-7-5-4-6-8-14/h4-8,12,15H,9-11H2,1-3H3,(H,20,24)/t15-/m0/s1. The lowest BCUT2D eigenvalue weighted by Crippen LogP contribution is -2.47. The summed E-state index contributed by atoms with van der Waals surface area (Å²) in [4.78, 5) is 61.8. The van der Waals surface area contributed by atoms with E-state index in [-0.39, 0.29) is 18.2 Å². The Morgan fingerprint density at radius 3 is 2.15 bits per heavy atom. The summed E-state index contributed by atoms with van der Waals surface area (Å²) in [5.41, 5.74) is 0.865. The van der Waals surface area contributed by atoms with E-state index in [9.17, 15) is 24.0 Å². The van der Waals surface area contributed by atoms with Crippen LogP contribution in [0.1, 0.15) is 26.3 Å². The fraction of sp³-hybridized carbons (Fsp3) is 0.421. The van der Waals surface area contributed by atoms with E-state index in [1.807, 2.05) is 30.3 Å². The molecule has 1 aliphatic heterocycles. The summed E-state index contributed by atoms with van der Waals surface area (Å²) in [5, 5.41) is 2.54. The van der Waals surface area contributed by atoms with Crippen LogP contribution in [0, 0.1) is 5.92 Å². The highest BCUT2D eigenvalue weighted by Crippen LogP contribution is 2.14. The highest BCUT2D eigenvalue weighted by Gasteiger charge is 2.45. The maximum absolute atomic E-state index is 12.3. The van der Waals surface area contributed by atoms with Crippen LogP contribution in [0.2, 0.25) is 0 Å². The van der Waals surface area contributed by atoms with Gasteiger partial charge in [-0.25, -0.2) is 9.69 Å². The first kappa shape index (κ1) is 20.3. The second-order valence-electron chi connectivity index (χ2n) is 6.90. The number of hydrogen-bond acceptors (Lipinski definition) is 5. The van der Waals surface area contributed by atoms with Gasteiger partial charge in [0.15, 0.2) is 5.78 Å². The van der Waals surface area contributed by atoms with Crippen LogP contribution in [-0.2, 0) is 25.6 Å². The average Bonchev–Trinajstić information content (AvgIpc) is 2.79. The Labute approximate surface area is 157 Å². The monoisotopic (exact) mass is 373 g/mol. The van der Waals surface area contributed by atoms with Crippen LogP contribution < -0.4 is 5.32 Å². The fourth-order valence-corrected chi connectivity index (χ4v) is 2.75.